The molecule has 0 saturated carbocycles. The van der Waals surface area contributed by atoms with Gasteiger partial charge in [-0.25, -0.2) is 0 Å². The molecule has 0 heterocycles. The van der Waals surface area contributed by atoms with Gasteiger partial charge in [-0.3, -0.25) is 0 Å². The summed E-state index contributed by atoms with van der Waals surface area (Å²) < 4.78 is 0. The van der Waals surface area contributed by atoms with E-state index in [2.05, 4.69) is 64.1 Å². The molecule has 0 spiro atoms. The number of hydrogen-bond acceptors (Lipinski definition) is 0. The first-order valence-electron chi connectivity index (χ1n) is 8.55. The van der Waals surface area contributed by atoms with E-state index in [1.54, 1.807) is 0 Å². The van der Waals surface area contributed by atoms with Crippen LogP contribution >= 0.6 is 24.8 Å². The molecule has 146 valence electrons. The minimum absolute atomic E-state index is 0. The molecule has 0 bridgehead atoms. The van der Waals surface area contributed by atoms with Crippen molar-refractivity contribution in [3.8, 4) is 0 Å². The third-order valence-corrected chi connectivity index (χ3v) is 4.46. The zero-order valence-corrected chi connectivity index (χ0v) is 20.4. The minimum Gasteiger partial charge on any atom is -0.673 e. The molecule has 3 rings (SSSR count). The summed E-state index contributed by atoms with van der Waals surface area (Å²) in [6, 6.07) is 12.9. The number of benzene rings is 2. The zero-order chi connectivity index (χ0) is 18.1. The van der Waals surface area contributed by atoms with E-state index in [1.165, 1.54) is 38.6 Å². The predicted molar refractivity (Wildman–Crippen MR) is 123 cm³/mol. The zero-order valence-electron chi connectivity index (χ0n) is 17.2. The van der Waals surface area contributed by atoms with Gasteiger partial charge in [0.05, 0.1) is 0 Å². The molecule has 2 aromatic carbocycles. The molecular formula is C23H31Cl2NTi. The van der Waals surface area contributed by atoms with Gasteiger partial charge in [0.15, 0.2) is 0 Å². The van der Waals surface area contributed by atoms with E-state index >= 15 is 0 Å². The number of halogens is 2. The Morgan fingerprint density at radius 3 is 1.89 bits per heavy atom. The topological polar surface area (TPSA) is 23.8 Å². The van der Waals surface area contributed by atoms with Gasteiger partial charge in [0.2, 0.25) is 0 Å². The molecule has 0 atom stereocenters. The van der Waals surface area contributed by atoms with Gasteiger partial charge in [0.25, 0.3) is 0 Å². The summed E-state index contributed by atoms with van der Waals surface area (Å²) >= 11 is 0. The fourth-order valence-electron chi connectivity index (χ4n) is 2.99. The standard InChI is InChI=1S/C19H19.C4H10N.2ClH.Ti/c1-12-11-19(14(3)13(12)2)18-10-9-16-7-5-6-8-17(16)15(18)4;1-4(2,3)5;;;/h5-10H,4,11H2,1-3H3;5H,1-3H3;2*1H;/q2*-1;;;+2. The summed E-state index contributed by atoms with van der Waals surface area (Å²) in [5.41, 5.74) is 15.0. The van der Waals surface area contributed by atoms with Crippen molar-refractivity contribution in [1.29, 1.82) is 0 Å². The molecule has 0 amide bonds. The number of nitrogens with one attached hydrogen (secondary N) is 1. The van der Waals surface area contributed by atoms with Crippen LogP contribution in [-0.4, -0.2) is 5.54 Å². The van der Waals surface area contributed by atoms with Crippen molar-refractivity contribution < 1.29 is 21.7 Å². The molecule has 0 aromatic heterocycles. The molecule has 1 nitrogen and oxygen atoms in total. The molecular weight excluding hydrogens is 409 g/mol. The molecule has 2 aromatic rings. The van der Waals surface area contributed by atoms with Gasteiger partial charge in [0.1, 0.15) is 0 Å². The number of fused-ring (bicyclic) bond motifs is 1. The van der Waals surface area contributed by atoms with Crippen LogP contribution in [0.4, 0.5) is 0 Å². The van der Waals surface area contributed by atoms with Crippen LogP contribution in [0.15, 0.2) is 53.1 Å². The molecule has 1 aliphatic rings. The third-order valence-electron chi connectivity index (χ3n) is 4.46. The van der Waals surface area contributed by atoms with Crippen molar-refractivity contribution in [1.82, 2.24) is 0 Å². The maximum atomic E-state index is 6.94. The van der Waals surface area contributed by atoms with Crippen LogP contribution in [0.2, 0.25) is 0 Å². The molecule has 1 N–H and O–H groups in total. The van der Waals surface area contributed by atoms with Gasteiger partial charge >= 0.3 is 21.7 Å². The normalized spacial score (nSPS) is 13.3. The van der Waals surface area contributed by atoms with Gasteiger partial charge in [-0.1, -0.05) is 67.1 Å². The summed E-state index contributed by atoms with van der Waals surface area (Å²) in [5, 5.41) is 2.54. The van der Waals surface area contributed by atoms with Crippen molar-refractivity contribution in [2.75, 3.05) is 0 Å². The average molecular weight is 440 g/mol. The Balaban J connectivity index is 0. The molecule has 0 aliphatic heterocycles. The quantitative estimate of drug-likeness (QED) is 0.315. The van der Waals surface area contributed by atoms with Crippen LogP contribution in [0, 0.1) is 6.92 Å². The fourth-order valence-corrected chi connectivity index (χ4v) is 2.99. The van der Waals surface area contributed by atoms with Gasteiger partial charge in [0, 0.05) is 0 Å². The first-order valence-corrected chi connectivity index (χ1v) is 8.55. The summed E-state index contributed by atoms with van der Waals surface area (Å²) in [6.45, 7) is 16.6. The molecule has 0 fully saturated rings. The summed E-state index contributed by atoms with van der Waals surface area (Å²) in [5.74, 6) is 0. The second kappa shape index (κ2) is 11.3. The summed E-state index contributed by atoms with van der Waals surface area (Å²) in [6.07, 6.45) is 1.07. The van der Waals surface area contributed by atoms with Crippen LogP contribution in [0.25, 0.3) is 22.1 Å². The van der Waals surface area contributed by atoms with Crippen molar-refractivity contribution in [2.24, 2.45) is 0 Å². The summed E-state index contributed by atoms with van der Waals surface area (Å²) in [4.78, 5) is 0. The molecule has 0 saturated heterocycles. The Morgan fingerprint density at radius 1 is 0.889 bits per heavy atom. The van der Waals surface area contributed by atoms with E-state index in [1.807, 2.05) is 20.8 Å². The Kier molecular flexibility index (Phi) is 12.0. The van der Waals surface area contributed by atoms with Gasteiger partial charge in [-0.2, -0.15) is 12.5 Å². The largest absolute Gasteiger partial charge is 2.00 e. The van der Waals surface area contributed by atoms with Crippen LogP contribution in [-0.2, 0) is 21.7 Å². The van der Waals surface area contributed by atoms with E-state index < -0.39 is 0 Å². The molecule has 27 heavy (non-hydrogen) atoms. The van der Waals surface area contributed by atoms with Gasteiger partial charge < -0.3 is 5.73 Å². The first kappa shape index (κ1) is 28.5. The van der Waals surface area contributed by atoms with Crippen LogP contribution in [0.3, 0.4) is 0 Å². The number of rotatable bonds is 1. The fraction of sp³-hybridized carbons (Fsp3) is 0.348. The average Bonchev–Trinajstić information content (AvgIpc) is 2.74. The second-order valence-corrected chi connectivity index (χ2v) is 7.75. The molecule has 4 heteroatoms. The van der Waals surface area contributed by atoms with Crippen LogP contribution in [0.5, 0.6) is 0 Å². The van der Waals surface area contributed by atoms with E-state index in [4.69, 9.17) is 5.73 Å². The first-order chi connectivity index (χ1) is 11.1. The second-order valence-electron chi connectivity index (χ2n) is 7.75. The van der Waals surface area contributed by atoms with Gasteiger partial charge in [-0.05, 0) is 32.8 Å². The van der Waals surface area contributed by atoms with E-state index in [0.29, 0.717) is 0 Å². The Morgan fingerprint density at radius 2 is 1.41 bits per heavy atom. The molecule has 1 aliphatic carbocycles. The summed E-state index contributed by atoms with van der Waals surface area (Å²) in [7, 11) is 0. The maximum absolute atomic E-state index is 6.94. The molecule has 0 radical (unpaired) electrons. The number of hydrogen-bond donors (Lipinski definition) is 0. The third kappa shape index (κ3) is 7.33. The predicted octanol–water partition coefficient (Wildman–Crippen LogP) is 8.21. The Hall–Kier alpha value is -0.696. The SMILES string of the molecule is CC(C)(C)[NH-].Cl.Cl.[CH2-]c1c(C2=C(C)C(C)=C(C)C2)ccc2ccccc12.[Ti+2]. The van der Waals surface area contributed by atoms with E-state index in [9.17, 15) is 0 Å². The van der Waals surface area contributed by atoms with Crippen LogP contribution in [0.1, 0.15) is 59.1 Å². The van der Waals surface area contributed by atoms with Crippen molar-refractivity contribution in [3.05, 3.63) is 76.9 Å². The van der Waals surface area contributed by atoms with Crippen molar-refractivity contribution in [3.63, 3.8) is 0 Å². The number of allylic oxidation sites excluding steroid dienone is 4. The monoisotopic (exact) mass is 439 g/mol. The van der Waals surface area contributed by atoms with Crippen molar-refractivity contribution in [2.45, 2.75) is 53.5 Å². The van der Waals surface area contributed by atoms with Crippen LogP contribution < -0.4 is 0 Å². The molecule has 0 unspecified atom stereocenters. The van der Waals surface area contributed by atoms with E-state index in [-0.39, 0.29) is 52.1 Å². The van der Waals surface area contributed by atoms with E-state index in [0.717, 1.165) is 12.0 Å². The maximum Gasteiger partial charge on any atom is 2.00 e. The smallest absolute Gasteiger partial charge is 0.673 e. The van der Waals surface area contributed by atoms with Gasteiger partial charge in [-0.15, -0.1) is 53.4 Å². The minimum atomic E-state index is -0.250. The Labute approximate surface area is 192 Å². The van der Waals surface area contributed by atoms with Crippen molar-refractivity contribution >= 4 is 41.2 Å². The Bertz CT molecular complexity index is 824.